The van der Waals surface area contributed by atoms with Crippen LogP contribution in [0, 0.1) is 10.1 Å². The van der Waals surface area contributed by atoms with Gasteiger partial charge in [-0.3, -0.25) is 10.1 Å². The first-order valence-electron chi connectivity index (χ1n) is 6.83. The van der Waals surface area contributed by atoms with E-state index in [1.807, 2.05) is 0 Å². The molecule has 1 aliphatic rings. The van der Waals surface area contributed by atoms with Crippen molar-refractivity contribution in [1.82, 2.24) is 10.3 Å². The number of carbonyl (C=O) groups excluding carboxylic acids is 1. The molecule has 1 heterocycles. The van der Waals surface area contributed by atoms with Crippen molar-refractivity contribution in [3.05, 3.63) is 27.9 Å². The Kier molecular flexibility index (Phi) is 5.04. The number of aromatic nitrogens is 1. The fourth-order valence-electron chi connectivity index (χ4n) is 1.84. The van der Waals surface area contributed by atoms with Gasteiger partial charge in [-0.25, -0.2) is 9.78 Å². The fourth-order valence-corrected chi connectivity index (χ4v) is 1.84. The number of ether oxygens (including phenoxy) is 1. The molecule has 2 rings (SSSR count). The molecule has 0 aliphatic heterocycles. The van der Waals surface area contributed by atoms with Crippen molar-refractivity contribution in [2.24, 2.45) is 0 Å². The van der Waals surface area contributed by atoms with Gasteiger partial charge in [0.05, 0.1) is 12.0 Å². The van der Waals surface area contributed by atoms with Crippen LogP contribution in [0.1, 0.15) is 29.8 Å². The summed E-state index contributed by atoms with van der Waals surface area (Å²) in [6, 6.07) is 3.17. The van der Waals surface area contributed by atoms with E-state index in [1.165, 1.54) is 32.1 Å². The Morgan fingerprint density at radius 1 is 1.48 bits per heavy atom. The molecule has 0 amide bonds. The van der Waals surface area contributed by atoms with E-state index < -0.39 is 10.9 Å². The molecule has 8 heteroatoms. The number of nitrogens with zero attached hydrogens (tertiary/aromatic N) is 2. The summed E-state index contributed by atoms with van der Waals surface area (Å²) in [6.45, 7) is 1.39. The average Bonchev–Trinajstić information content (AvgIpc) is 3.29. The Bertz CT molecular complexity index is 531. The zero-order valence-corrected chi connectivity index (χ0v) is 11.8. The largest absolute Gasteiger partial charge is 0.464 e. The third kappa shape index (κ3) is 4.38. The molecule has 0 bridgehead atoms. The van der Waals surface area contributed by atoms with E-state index in [4.69, 9.17) is 0 Å². The number of methoxy groups -OCH3 is 1. The van der Waals surface area contributed by atoms with Gasteiger partial charge < -0.3 is 15.4 Å². The number of rotatable bonds is 8. The summed E-state index contributed by atoms with van der Waals surface area (Å²) in [5, 5.41) is 17.2. The summed E-state index contributed by atoms with van der Waals surface area (Å²) in [7, 11) is 1.24. The van der Waals surface area contributed by atoms with Gasteiger partial charge in [0.2, 0.25) is 5.82 Å². The topological polar surface area (TPSA) is 106 Å². The Hall–Kier alpha value is -2.22. The minimum Gasteiger partial charge on any atom is -0.464 e. The third-order valence-corrected chi connectivity index (χ3v) is 3.12. The molecule has 0 spiro atoms. The quantitative estimate of drug-likeness (QED) is 0.322. The second-order valence-corrected chi connectivity index (χ2v) is 4.82. The summed E-state index contributed by atoms with van der Waals surface area (Å²) < 4.78 is 4.56. The van der Waals surface area contributed by atoms with Crippen LogP contribution in [0.25, 0.3) is 0 Å². The molecule has 0 unspecified atom stereocenters. The number of carbonyl (C=O) groups is 1. The smallest absolute Gasteiger partial charge is 0.356 e. The van der Waals surface area contributed by atoms with Crippen molar-refractivity contribution < 1.29 is 14.5 Å². The van der Waals surface area contributed by atoms with Crippen molar-refractivity contribution in [2.45, 2.75) is 25.3 Å². The molecule has 0 atom stereocenters. The van der Waals surface area contributed by atoms with Gasteiger partial charge in [-0.05, 0) is 31.9 Å². The number of nitrogens with one attached hydrogen (secondary N) is 2. The predicted octanol–water partition coefficient (Wildman–Crippen LogP) is 1.33. The maximum absolute atomic E-state index is 11.4. The van der Waals surface area contributed by atoms with E-state index in [9.17, 15) is 14.9 Å². The highest BCUT2D eigenvalue weighted by Gasteiger charge is 2.20. The van der Waals surface area contributed by atoms with Crippen LogP contribution in [0.3, 0.4) is 0 Å². The molecular formula is C13H18N4O4. The molecule has 2 N–H and O–H groups in total. The molecular weight excluding hydrogens is 276 g/mol. The van der Waals surface area contributed by atoms with Crippen LogP contribution < -0.4 is 10.6 Å². The Balaban J connectivity index is 1.96. The van der Waals surface area contributed by atoms with Crippen LogP contribution in [0.15, 0.2) is 12.1 Å². The van der Waals surface area contributed by atoms with Crippen LogP contribution >= 0.6 is 0 Å². The van der Waals surface area contributed by atoms with Crippen LogP contribution in [-0.4, -0.2) is 42.1 Å². The lowest BCUT2D eigenvalue weighted by molar-refractivity contribution is -0.384. The van der Waals surface area contributed by atoms with Crippen LogP contribution in [0.4, 0.5) is 11.5 Å². The van der Waals surface area contributed by atoms with Crippen molar-refractivity contribution in [3.8, 4) is 0 Å². The lowest BCUT2D eigenvalue weighted by Crippen LogP contribution is -2.20. The highest BCUT2D eigenvalue weighted by Crippen LogP contribution is 2.22. The van der Waals surface area contributed by atoms with E-state index in [-0.39, 0.29) is 17.2 Å². The molecule has 114 valence electrons. The summed E-state index contributed by atoms with van der Waals surface area (Å²) >= 11 is 0. The van der Waals surface area contributed by atoms with E-state index >= 15 is 0 Å². The summed E-state index contributed by atoms with van der Waals surface area (Å²) in [4.78, 5) is 25.8. The molecule has 8 nitrogen and oxygen atoms in total. The van der Waals surface area contributed by atoms with E-state index in [2.05, 4.69) is 20.4 Å². The molecule has 1 saturated carbocycles. The molecule has 1 aromatic heterocycles. The highest BCUT2D eigenvalue weighted by atomic mass is 16.6. The zero-order chi connectivity index (χ0) is 15.2. The number of esters is 1. The Morgan fingerprint density at radius 2 is 2.24 bits per heavy atom. The van der Waals surface area contributed by atoms with Gasteiger partial charge in [0.25, 0.3) is 0 Å². The monoisotopic (exact) mass is 294 g/mol. The van der Waals surface area contributed by atoms with Gasteiger partial charge in [-0.2, -0.15) is 0 Å². The lowest BCUT2D eigenvalue weighted by Gasteiger charge is -2.08. The SMILES string of the molecule is COC(=O)c1ccc([N+](=O)[O-])c(NCCCNC2CC2)n1. The van der Waals surface area contributed by atoms with Gasteiger partial charge >= 0.3 is 11.7 Å². The number of pyridine rings is 1. The number of nitro groups is 1. The maximum Gasteiger partial charge on any atom is 0.356 e. The second kappa shape index (κ2) is 6.98. The first-order chi connectivity index (χ1) is 10.1. The Labute approximate surface area is 122 Å². The standard InChI is InChI=1S/C13H18N4O4/c1-21-13(18)10-5-6-11(17(19)20)12(16-10)15-8-2-7-14-9-3-4-9/h5-6,9,14H,2-4,7-8H2,1H3,(H,15,16). The summed E-state index contributed by atoms with van der Waals surface area (Å²) in [5.74, 6) is -0.530. The normalized spacial score (nSPS) is 13.8. The Morgan fingerprint density at radius 3 is 2.86 bits per heavy atom. The van der Waals surface area contributed by atoms with Crippen molar-refractivity contribution in [3.63, 3.8) is 0 Å². The minimum absolute atomic E-state index is 0.0432. The van der Waals surface area contributed by atoms with E-state index in [1.54, 1.807) is 0 Å². The van der Waals surface area contributed by atoms with Gasteiger partial charge in [0.15, 0.2) is 5.69 Å². The number of hydrogen-bond donors (Lipinski definition) is 2. The van der Waals surface area contributed by atoms with Crippen molar-refractivity contribution in [2.75, 3.05) is 25.5 Å². The van der Waals surface area contributed by atoms with E-state index in [0.717, 1.165) is 13.0 Å². The highest BCUT2D eigenvalue weighted by molar-refractivity contribution is 5.88. The van der Waals surface area contributed by atoms with Crippen molar-refractivity contribution >= 4 is 17.5 Å². The van der Waals surface area contributed by atoms with Crippen molar-refractivity contribution in [1.29, 1.82) is 0 Å². The zero-order valence-electron chi connectivity index (χ0n) is 11.8. The molecule has 0 aromatic carbocycles. The molecule has 1 fully saturated rings. The summed E-state index contributed by atoms with van der Waals surface area (Å²) in [5.41, 5.74) is -0.112. The van der Waals surface area contributed by atoms with Gasteiger partial charge in [-0.1, -0.05) is 0 Å². The molecule has 21 heavy (non-hydrogen) atoms. The molecule has 1 aliphatic carbocycles. The number of hydrogen-bond acceptors (Lipinski definition) is 7. The van der Waals surface area contributed by atoms with Crippen LogP contribution in [0.2, 0.25) is 0 Å². The fraction of sp³-hybridized carbons (Fsp3) is 0.538. The first kappa shape index (κ1) is 15.2. The maximum atomic E-state index is 11.4. The second-order valence-electron chi connectivity index (χ2n) is 4.82. The molecule has 0 saturated heterocycles. The third-order valence-electron chi connectivity index (χ3n) is 3.12. The van der Waals surface area contributed by atoms with Gasteiger partial charge in [-0.15, -0.1) is 0 Å². The lowest BCUT2D eigenvalue weighted by atomic mass is 10.3. The number of anilines is 1. The molecule has 0 radical (unpaired) electrons. The molecule has 1 aromatic rings. The van der Waals surface area contributed by atoms with Gasteiger partial charge in [0, 0.05) is 18.7 Å². The van der Waals surface area contributed by atoms with Crippen LogP contribution in [0.5, 0.6) is 0 Å². The van der Waals surface area contributed by atoms with Gasteiger partial charge in [0.1, 0.15) is 0 Å². The predicted molar refractivity (Wildman–Crippen MR) is 76.4 cm³/mol. The first-order valence-corrected chi connectivity index (χ1v) is 6.83. The van der Waals surface area contributed by atoms with E-state index in [0.29, 0.717) is 12.6 Å². The minimum atomic E-state index is -0.622. The summed E-state index contributed by atoms with van der Waals surface area (Å²) in [6.07, 6.45) is 3.26. The van der Waals surface area contributed by atoms with Crippen LogP contribution in [-0.2, 0) is 4.74 Å². The average molecular weight is 294 g/mol.